The summed E-state index contributed by atoms with van der Waals surface area (Å²) in [5.41, 5.74) is 0. The predicted molar refractivity (Wildman–Crippen MR) is 26.3 cm³/mol. The molecule has 1 amide bonds. The van der Waals surface area contributed by atoms with Crippen molar-refractivity contribution in [3.8, 4) is 0 Å². The number of nitrogens with zero attached hydrogens (tertiary/aromatic N) is 2. The number of carbonyl (C=O) groups is 1. The Bertz CT molecular complexity index is 137. The van der Waals surface area contributed by atoms with Gasteiger partial charge in [-0.05, 0) is 0 Å². The zero-order valence-corrected chi connectivity index (χ0v) is 3.53. The normalized spacial score (nSPS) is 18.0. The fourth-order valence-electron chi connectivity index (χ4n) is 0.285. The summed E-state index contributed by atoms with van der Waals surface area (Å²) in [5, 5.41) is 0. The first-order valence-electron chi connectivity index (χ1n) is 1.82. The zero-order chi connectivity index (χ0) is 5.11. The van der Waals surface area contributed by atoms with Crippen LogP contribution in [-0.4, -0.2) is 18.3 Å². The Morgan fingerprint density at radius 3 is 2.57 bits per heavy atom. The first-order valence-corrected chi connectivity index (χ1v) is 1.82. The lowest BCUT2D eigenvalue weighted by molar-refractivity contribution is -0.114. The maximum absolute atomic E-state index is 10.1. The molecule has 0 saturated carbocycles. The summed E-state index contributed by atoms with van der Waals surface area (Å²) in [5.74, 6) is -0.289. The van der Waals surface area contributed by atoms with Gasteiger partial charge in [0.15, 0.2) is 6.54 Å². The average molecular weight is 95.1 g/mol. The lowest BCUT2D eigenvalue weighted by Crippen LogP contribution is -1.97. The first kappa shape index (κ1) is 4.18. The highest BCUT2D eigenvalue weighted by atomic mass is 16.1. The van der Waals surface area contributed by atoms with E-state index < -0.39 is 0 Å². The Kier molecular flexibility index (Phi) is 0.978. The third-order valence-electron chi connectivity index (χ3n) is 0.539. The van der Waals surface area contributed by atoms with Crippen LogP contribution in [0.15, 0.2) is 9.98 Å². The molecule has 0 saturated heterocycles. The molecule has 0 bridgehead atoms. The molecular formula is C4H3N2O. The van der Waals surface area contributed by atoms with E-state index in [4.69, 9.17) is 0 Å². The van der Waals surface area contributed by atoms with Crippen LogP contribution in [0.3, 0.4) is 0 Å². The molecule has 1 rings (SSSR count). The first-order chi connectivity index (χ1) is 3.39. The minimum absolute atomic E-state index is 0.289. The smallest absolute Gasteiger partial charge is 0.273 e. The molecule has 0 spiro atoms. The van der Waals surface area contributed by atoms with Crippen molar-refractivity contribution in [3.05, 3.63) is 6.54 Å². The van der Waals surface area contributed by atoms with Crippen LogP contribution in [0.4, 0.5) is 0 Å². The molecule has 0 N–H and O–H groups in total. The van der Waals surface area contributed by atoms with Crippen molar-refractivity contribution in [3.63, 3.8) is 0 Å². The highest BCUT2D eigenvalue weighted by Crippen LogP contribution is 1.85. The summed E-state index contributed by atoms with van der Waals surface area (Å²) in [7, 11) is 0. The lowest BCUT2D eigenvalue weighted by Gasteiger charge is -1.87. The Labute approximate surface area is 40.8 Å². The van der Waals surface area contributed by atoms with E-state index in [0.717, 1.165) is 0 Å². The molecule has 0 aromatic rings. The van der Waals surface area contributed by atoms with E-state index in [1.807, 2.05) is 0 Å². The molecule has 3 nitrogen and oxygen atoms in total. The molecule has 0 aromatic heterocycles. The minimum Gasteiger partial charge on any atom is -0.275 e. The van der Waals surface area contributed by atoms with Gasteiger partial charge in [0.25, 0.3) is 5.91 Å². The highest BCUT2D eigenvalue weighted by molar-refractivity contribution is 6.21. The Morgan fingerprint density at radius 2 is 2.29 bits per heavy atom. The van der Waals surface area contributed by atoms with Crippen molar-refractivity contribution in [2.45, 2.75) is 0 Å². The molecule has 0 aromatic carbocycles. The van der Waals surface area contributed by atoms with E-state index in [2.05, 4.69) is 9.98 Å². The average Bonchev–Trinajstić information content (AvgIpc) is 1.69. The predicted octanol–water partition coefficient (Wildman–Crippen LogP) is -0.170. The number of carbonyl (C=O) groups excluding carboxylic acids is 1. The third kappa shape index (κ3) is 0.924. The highest BCUT2D eigenvalue weighted by Gasteiger charge is 1.95. The van der Waals surface area contributed by atoms with Crippen molar-refractivity contribution in [2.75, 3.05) is 0 Å². The molecule has 1 aliphatic heterocycles. The number of hydrogen-bond acceptors (Lipinski definition) is 2. The van der Waals surface area contributed by atoms with Gasteiger partial charge in [0.2, 0.25) is 0 Å². The SMILES string of the molecule is O=C1[CH]N=CC=N1. The van der Waals surface area contributed by atoms with Crippen molar-refractivity contribution < 1.29 is 4.79 Å². The summed E-state index contributed by atoms with van der Waals surface area (Å²) in [6.07, 6.45) is 2.82. The maximum atomic E-state index is 10.1. The van der Waals surface area contributed by atoms with Crippen LogP contribution in [0, 0.1) is 6.54 Å². The van der Waals surface area contributed by atoms with Gasteiger partial charge in [-0.1, -0.05) is 0 Å². The van der Waals surface area contributed by atoms with Gasteiger partial charge in [-0.25, -0.2) is 4.99 Å². The fourth-order valence-corrected chi connectivity index (χ4v) is 0.285. The van der Waals surface area contributed by atoms with Crippen LogP contribution in [0.25, 0.3) is 0 Å². The van der Waals surface area contributed by atoms with Gasteiger partial charge in [-0.3, -0.25) is 9.79 Å². The molecule has 1 heterocycles. The monoisotopic (exact) mass is 95.0 g/mol. The summed E-state index contributed by atoms with van der Waals surface area (Å²) in [6, 6.07) is 0. The van der Waals surface area contributed by atoms with E-state index in [0.29, 0.717) is 0 Å². The molecule has 3 heteroatoms. The van der Waals surface area contributed by atoms with Crippen LogP contribution in [0.5, 0.6) is 0 Å². The maximum Gasteiger partial charge on any atom is 0.273 e. The zero-order valence-electron chi connectivity index (χ0n) is 3.53. The molecule has 0 atom stereocenters. The minimum atomic E-state index is -0.289. The third-order valence-corrected chi connectivity index (χ3v) is 0.539. The van der Waals surface area contributed by atoms with Crippen molar-refractivity contribution in [1.29, 1.82) is 0 Å². The molecule has 1 radical (unpaired) electrons. The van der Waals surface area contributed by atoms with Crippen LogP contribution in [0.2, 0.25) is 0 Å². The van der Waals surface area contributed by atoms with Gasteiger partial charge in [-0.15, -0.1) is 0 Å². The van der Waals surface area contributed by atoms with E-state index in [1.54, 1.807) is 0 Å². The molecule has 0 aliphatic carbocycles. The van der Waals surface area contributed by atoms with Gasteiger partial charge in [0, 0.05) is 12.4 Å². The van der Waals surface area contributed by atoms with Crippen molar-refractivity contribution in [2.24, 2.45) is 9.98 Å². The van der Waals surface area contributed by atoms with Gasteiger partial charge < -0.3 is 0 Å². The van der Waals surface area contributed by atoms with Crippen molar-refractivity contribution in [1.82, 2.24) is 0 Å². The summed E-state index contributed by atoms with van der Waals surface area (Å²) < 4.78 is 0. The van der Waals surface area contributed by atoms with Crippen LogP contribution < -0.4 is 0 Å². The second kappa shape index (κ2) is 1.64. The van der Waals surface area contributed by atoms with Crippen LogP contribution in [-0.2, 0) is 4.79 Å². The van der Waals surface area contributed by atoms with E-state index >= 15 is 0 Å². The van der Waals surface area contributed by atoms with Gasteiger partial charge in [0.05, 0.1) is 0 Å². The standard InChI is InChI=1S/C4H3N2O/c7-4-3-5-1-2-6-4/h1-3H. The summed E-state index contributed by atoms with van der Waals surface area (Å²) in [6.45, 7) is 1.17. The van der Waals surface area contributed by atoms with Gasteiger partial charge >= 0.3 is 0 Å². The number of amides is 1. The number of hydrogen-bond donors (Lipinski definition) is 0. The van der Waals surface area contributed by atoms with E-state index in [1.165, 1.54) is 19.0 Å². The molecular weight excluding hydrogens is 92.1 g/mol. The molecule has 0 unspecified atom stereocenters. The summed E-state index contributed by atoms with van der Waals surface area (Å²) in [4.78, 5) is 17.0. The number of aliphatic imine (C=N–C) groups is 2. The second-order valence-electron chi connectivity index (χ2n) is 1.04. The largest absolute Gasteiger partial charge is 0.275 e. The Balaban J connectivity index is 2.66. The van der Waals surface area contributed by atoms with Crippen LogP contribution in [0.1, 0.15) is 0 Å². The molecule has 7 heavy (non-hydrogen) atoms. The second-order valence-corrected chi connectivity index (χ2v) is 1.04. The van der Waals surface area contributed by atoms with Gasteiger partial charge in [-0.2, -0.15) is 0 Å². The Hall–Kier alpha value is -0.990. The van der Waals surface area contributed by atoms with Crippen LogP contribution >= 0.6 is 0 Å². The van der Waals surface area contributed by atoms with Gasteiger partial charge in [0.1, 0.15) is 0 Å². The van der Waals surface area contributed by atoms with E-state index in [-0.39, 0.29) is 5.91 Å². The van der Waals surface area contributed by atoms with Crippen molar-refractivity contribution >= 4 is 18.3 Å². The topological polar surface area (TPSA) is 41.8 Å². The molecule has 1 aliphatic rings. The quantitative estimate of drug-likeness (QED) is 0.412. The molecule has 0 fully saturated rings. The molecule has 35 valence electrons. The summed E-state index contributed by atoms with van der Waals surface area (Å²) >= 11 is 0. The van der Waals surface area contributed by atoms with E-state index in [9.17, 15) is 4.79 Å². The Morgan fingerprint density at radius 1 is 1.43 bits per heavy atom. The lowest BCUT2D eigenvalue weighted by atomic mass is 10.5. The number of rotatable bonds is 0. The fraction of sp³-hybridized carbons (Fsp3) is 0.